The fraction of sp³-hybridized carbons (Fsp3) is 0.368. The van der Waals surface area contributed by atoms with Crippen LogP contribution in [-0.4, -0.2) is 25.6 Å². The number of halogens is 1. The summed E-state index contributed by atoms with van der Waals surface area (Å²) in [4.78, 5) is 12.4. The number of rotatable bonds is 8. The van der Waals surface area contributed by atoms with Crippen LogP contribution in [0.4, 0.5) is 5.69 Å². The summed E-state index contributed by atoms with van der Waals surface area (Å²) in [7, 11) is 1.61. The molecule has 0 unspecified atom stereocenters. The number of amides is 1. The van der Waals surface area contributed by atoms with E-state index in [4.69, 9.17) is 21.6 Å². The van der Waals surface area contributed by atoms with E-state index >= 15 is 0 Å². The second kappa shape index (κ2) is 9.46. The Labute approximate surface area is 162 Å². The molecule has 0 fully saturated rings. The van der Waals surface area contributed by atoms with Gasteiger partial charge in [-0.25, -0.2) is 0 Å². The van der Waals surface area contributed by atoms with E-state index in [0.29, 0.717) is 23.1 Å². The van der Waals surface area contributed by atoms with Crippen LogP contribution in [0.15, 0.2) is 29.0 Å². The molecule has 26 heavy (non-hydrogen) atoms. The van der Waals surface area contributed by atoms with Crippen LogP contribution in [0.25, 0.3) is 11.1 Å². The molecule has 2 aromatic rings. The minimum Gasteiger partial charge on any atom is -0.496 e. The van der Waals surface area contributed by atoms with Gasteiger partial charge < -0.3 is 15.4 Å². The molecular formula is C19H22ClN3O2S. The minimum absolute atomic E-state index is 0.00623. The highest BCUT2D eigenvalue weighted by Gasteiger charge is 2.22. The molecule has 2 N–H and O–H groups in total. The molecule has 1 heterocycles. The number of ether oxygens (including phenoxy) is 1. The van der Waals surface area contributed by atoms with Gasteiger partial charge in [0.2, 0.25) is 5.91 Å². The first kappa shape index (κ1) is 20.1. The van der Waals surface area contributed by atoms with Crippen LogP contribution in [0.3, 0.4) is 0 Å². The van der Waals surface area contributed by atoms with Gasteiger partial charge in [0.05, 0.1) is 18.9 Å². The summed E-state index contributed by atoms with van der Waals surface area (Å²) in [5.41, 5.74) is 2.63. The van der Waals surface area contributed by atoms with Crippen molar-refractivity contribution in [1.29, 1.82) is 5.26 Å². The molecule has 7 heteroatoms. The Balaban J connectivity index is 2.32. The Morgan fingerprint density at radius 3 is 2.77 bits per heavy atom. The number of carbonyl (C=O) groups excluding carboxylic acids is 1. The molecular weight excluding hydrogens is 370 g/mol. The van der Waals surface area contributed by atoms with Crippen molar-refractivity contribution in [3.63, 3.8) is 0 Å². The predicted octanol–water partition coefficient (Wildman–Crippen LogP) is 4.54. The van der Waals surface area contributed by atoms with Crippen LogP contribution in [0.2, 0.25) is 5.02 Å². The summed E-state index contributed by atoms with van der Waals surface area (Å²) in [5.74, 6) is 0.851. The highest BCUT2D eigenvalue weighted by atomic mass is 35.5. The third kappa shape index (κ3) is 5.13. The second-order valence-electron chi connectivity index (χ2n) is 6.25. The van der Waals surface area contributed by atoms with Gasteiger partial charge in [-0.3, -0.25) is 4.79 Å². The van der Waals surface area contributed by atoms with Crippen LogP contribution in [0.1, 0.15) is 20.3 Å². The number of hydrogen-bond donors (Lipinski definition) is 2. The van der Waals surface area contributed by atoms with E-state index in [1.807, 2.05) is 29.0 Å². The first-order valence-corrected chi connectivity index (χ1v) is 9.59. The van der Waals surface area contributed by atoms with Gasteiger partial charge in [-0.15, -0.1) is 11.3 Å². The highest BCUT2D eigenvalue weighted by molar-refractivity contribution is 7.08. The lowest BCUT2D eigenvalue weighted by Gasteiger charge is -2.21. The zero-order chi connectivity index (χ0) is 19.1. The molecule has 1 amide bonds. The van der Waals surface area contributed by atoms with E-state index in [2.05, 4.69) is 24.5 Å². The molecule has 0 aliphatic heterocycles. The number of nitrogens with zero attached hydrogens (tertiary/aromatic N) is 1. The number of carbonyl (C=O) groups is 1. The van der Waals surface area contributed by atoms with Crippen molar-refractivity contribution in [3.8, 4) is 22.9 Å². The van der Waals surface area contributed by atoms with Gasteiger partial charge in [-0.1, -0.05) is 25.4 Å². The Morgan fingerprint density at radius 1 is 1.35 bits per heavy atom. The molecule has 1 atom stereocenters. The maximum Gasteiger partial charge on any atom is 0.243 e. The number of nitrogens with one attached hydrogen (secondary N) is 2. The van der Waals surface area contributed by atoms with Crippen LogP contribution in [0.5, 0.6) is 5.75 Å². The Morgan fingerprint density at radius 2 is 2.12 bits per heavy atom. The van der Waals surface area contributed by atoms with Crippen LogP contribution in [-0.2, 0) is 4.79 Å². The van der Waals surface area contributed by atoms with E-state index in [9.17, 15) is 4.79 Å². The topological polar surface area (TPSA) is 74.2 Å². The Hall–Kier alpha value is -2.23. The molecule has 5 nitrogen and oxygen atoms in total. The second-order valence-corrected chi connectivity index (χ2v) is 7.43. The normalized spacial score (nSPS) is 11.7. The molecule has 0 spiro atoms. The first-order valence-electron chi connectivity index (χ1n) is 8.27. The number of nitriles is 1. The summed E-state index contributed by atoms with van der Waals surface area (Å²) in [5, 5.41) is 19.2. The fourth-order valence-electron chi connectivity index (χ4n) is 2.65. The van der Waals surface area contributed by atoms with Gasteiger partial charge in [-0.05, 0) is 30.5 Å². The van der Waals surface area contributed by atoms with Gasteiger partial charge in [0, 0.05) is 26.9 Å². The first-order chi connectivity index (χ1) is 12.5. The third-order valence-electron chi connectivity index (χ3n) is 3.81. The maximum atomic E-state index is 12.4. The highest BCUT2D eigenvalue weighted by Crippen LogP contribution is 2.39. The molecule has 0 radical (unpaired) electrons. The summed E-state index contributed by atoms with van der Waals surface area (Å²) < 4.78 is 5.45. The van der Waals surface area contributed by atoms with Gasteiger partial charge in [-0.2, -0.15) is 5.26 Å². The zero-order valence-corrected chi connectivity index (χ0v) is 16.6. The lowest BCUT2D eigenvalue weighted by Crippen LogP contribution is -2.40. The van der Waals surface area contributed by atoms with Crippen LogP contribution < -0.4 is 15.4 Å². The smallest absolute Gasteiger partial charge is 0.243 e. The average Bonchev–Trinajstić information content (AvgIpc) is 3.06. The van der Waals surface area contributed by atoms with Crippen LogP contribution >= 0.6 is 22.9 Å². The standard InChI is InChI=1S/C19H22ClN3O2S/c1-12(2)8-16(19(24)22-7-6-21)23-17-11-26-10-15(17)14-9-13(20)4-5-18(14)25-3/h4-5,9-12,16,23H,7-8H2,1-3H3,(H,22,24)/t16-/m0/s1. The van der Waals surface area contributed by atoms with Crippen molar-refractivity contribution in [3.05, 3.63) is 34.0 Å². The zero-order valence-electron chi connectivity index (χ0n) is 15.0. The number of benzene rings is 1. The molecule has 138 valence electrons. The maximum absolute atomic E-state index is 12.4. The third-order valence-corrected chi connectivity index (χ3v) is 4.79. The average molecular weight is 392 g/mol. The monoisotopic (exact) mass is 391 g/mol. The molecule has 1 aromatic heterocycles. The minimum atomic E-state index is -0.429. The van der Waals surface area contributed by atoms with Crippen molar-refractivity contribution in [2.75, 3.05) is 19.0 Å². The summed E-state index contributed by atoms with van der Waals surface area (Å²) in [6.45, 7) is 4.11. The summed E-state index contributed by atoms with van der Waals surface area (Å²) in [6.07, 6.45) is 0.652. The predicted molar refractivity (Wildman–Crippen MR) is 107 cm³/mol. The lowest BCUT2D eigenvalue weighted by atomic mass is 10.0. The molecule has 2 rings (SSSR count). The van der Waals surface area contributed by atoms with Crippen molar-refractivity contribution < 1.29 is 9.53 Å². The van der Waals surface area contributed by atoms with Gasteiger partial charge in [0.15, 0.2) is 0 Å². The van der Waals surface area contributed by atoms with E-state index < -0.39 is 6.04 Å². The number of thiophene rings is 1. The van der Waals surface area contributed by atoms with E-state index in [1.54, 1.807) is 13.2 Å². The quantitative estimate of drug-likeness (QED) is 0.647. The molecule has 1 aromatic carbocycles. The number of methoxy groups -OCH3 is 1. The van der Waals surface area contributed by atoms with Gasteiger partial charge in [0.25, 0.3) is 0 Å². The molecule has 0 saturated carbocycles. The SMILES string of the molecule is COc1ccc(Cl)cc1-c1cscc1N[C@@H](CC(C)C)C(=O)NCC#N. The molecule has 0 aliphatic rings. The molecule has 0 aliphatic carbocycles. The Kier molecular flexibility index (Phi) is 7.31. The van der Waals surface area contributed by atoms with Crippen molar-refractivity contribution in [1.82, 2.24) is 5.32 Å². The van der Waals surface area contributed by atoms with Crippen molar-refractivity contribution in [2.24, 2.45) is 5.92 Å². The fourth-order valence-corrected chi connectivity index (χ4v) is 3.61. The molecule has 0 bridgehead atoms. The van der Waals surface area contributed by atoms with Gasteiger partial charge >= 0.3 is 0 Å². The van der Waals surface area contributed by atoms with Gasteiger partial charge in [0.1, 0.15) is 18.3 Å². The van der Waals surface area contributed by atoms with E-state index in [-0.39, 0.29) is 12.5 Å². The van der Waals surface area contributed by atoms with E-state index in [1.165, 1.54) is 11.3 Å². The number of anilines is 1. The largest absolute Gasteiger partial charge is 0.496 e. The van der Waals surface area contributed by atoms with Crippen molar-refractivity contribution >= 4 is 34.5 Å². The van der Waals surface area contributed by atoms with Crippen molar-refractivity contribution in [2.45, 2.75) is 26.3 Å². The number of hydrogen-bond acceptors (Lipinski definition) is 5. The van der Waals surface area contributed by atoms with E-state index in [0.717, 1.165) is 16.8 Å². The molecule has 0 saturated heterocycles. The summed E-state index contributed by atoms with van der Waals surface area (Å²) >= 11 is 7.69. The van der Waals surface area contributed by atoms with Crippen LogP contribution in [0, 0.1) is 17.2 Å². The lowest BCUT2D eigenvalue weighted by molar-refractivity contribution is -0.121. The Bertz CT molecular complexity index is 798. The summed E-state index contributed by atoms with van der Waals surface area (Å²) in [6, 6.07) is 6.96.